The summed E-state index contributed by atoms with van der Waals surface area (Å²) in [5, 5.41) is 22.0. The molecule has 1 amide bonds. The van der Waals surface area contributed by atoms with Gasteiger partial charge in [0.05, 0.1) is 22.2 Å². The lowest BCUT2D eigenvalue weighted by Crippen LogP contribution is -2.35. The molecular formula is C23H21BrN8O. The van der Waals surface area contributed by atoms with Crippen molar-refractivity contribution in [2.24, 2.45) is 5.41 Å². The van der Waals surface area contributed by atoms with Crippen molar-refractivity contribution in [1.82, 2.24) is 30.0 Å². The number of hydrogen-bond acceptors (Lipinski definition) is 7. The van der Waals surface area contributed by atoms with Crippen molar-refractivity contribution in [3.8, 4) is 11.8 Å². The molecule has 2 N–H and O–H groups in total. The molecule has 10 heteroatoms. The van der Waals surface area contributed by atoms with E-state index in [1.165, 1.54) is 0 Å². The molecule has 5 rings (SSSR count). The third kappa shape index (κ3) is 3.68. The molecule has 0 saturated heterocycles. The van der Waals surface area contributed by atoms with E-state index in [-0.39, 0.29) is 11.9 Å². The molecule has 0 spiro atoms. The van der Waals surface area contributed by atoms with Crippen molar-refractivity contribution in [1.29, 1.82) is 5.26 Å². The predicted octanol–water partition coefficient (Wildman–Crippen LogP) is 3.71. The Morgan fingerprint density at radius 2 is 2.21 bits per heavy atom. The summed E-state index contributed by atoms with van der Waals surface area (Å²) in [5.74, 6) is 0.537. The monoisotopic (exact) mass is 504 g/mol. The number of nitrogens with zero attached hydrogens (tertiary/aromatic N) is 6. The number of carbonyl (C=O) groups excluding carboxylic acids is 1. The molecule has 0 aliphatic heterocycles. The Morgan fingerprint density at radius 1 is 1.36 bits per heavy atom. The number of aromatic nitrogens is 5. The van der Waals surface area contributed by atoms with E-state index in [1.807, 2.05) is 25.1 Å². The number of hydrogen-bond donors (Lipinski definition) is 2. The quantitative estimate of drug-likeness (QED) is 0.434. The van der Waals surface area contributed by atoms with E-state index < -0.39 is 5.41 Å². The number of nitriles is 1. The summed E-state index contributed by atoms with van der Waals surface area (Å²) in [6.45, 7) is 1.99. The Hall–Kier alpha value is -3.58. The number of pyridine rings is 1. The highest BCUT2D eigenvalue weighted by atomic mass is 79.9. The van der Waals surface area contributed by atoms with Crippen LogP contribution < -0.4 is 10.6 Å². The van der Waals surface area contributed by atoms with Gasteiger partial charge in [-0.05, 0) is 53.4 Å². The first-order chi connectivity index (χ1) is 15.9. The summed E-state index contributed by atoms with van der Waals surface area (Å²) in [7, 11) is 1.67. The summed E-state index contributed by atoms with van der Waals surface area (Å²) in [5.41, 5.74) is 2.04. The molecule has 1 fully saturated rings. The normalized spacial score (nSPS) is 20.1. The first-order valence-corrected chi connectivity index (χ1v) is 11.4. The van der Waals surface area contributed by atoms with Crippen molar-refractivity contribution in [3.63, 3.8) is 0 Å². The minimum Gasteiger partial charge on any atom is -0.359 e. The van der Waals surface area contributed by atoms with Crippen molar-refractivity contribution in [3.05, 3.63) is 46.8 Å². The number of nitrogens with one attached hydrogen (secondary N) is 2. The second kappa shape index (κ2) is 8.08. The lowest BCUT2D eigenvalue weighted by molar-refractivity contribution is -0.129. The zero-order valence-electron chi connectivity index (χ0n) is 18.1. The maximum atomic E-state index is 12.2. The third-order valence-electron chi connectivity index (χ3n) is 6.28. The maximum absolute atomic E-state index is 12.2. The van der Waals surface area contributed by atoms with E-state index in [9.17, 15) is 10.1 Å². The summed E-state index contributed by atoms with van der Waals surface area (Å²) < 4.78 is 2.31. The molecular weight excluding hydrogens is 484 g/mol. The molecule has 9 nitrogen and oxygen atoms in total. The highest BCUT2D eigenvalue weighted by molar-refractivity contribution is 9.10. The molecule has 0 radical (unpaired) electrons. The van der Waals surface area contributed by atoms with Crippen LogP contribution in [-0.4, -0.2) is 43.7 Å². The van der Waals surface area contributed by atoms with Gasteiger partial charge in [0.2, 0.25) is 11.9 Å². The van der Waals surface area contributed by atoms with Gasteiger partial charge in [-0.2, -0.15) is 15.3 Å². The van der Waals surface area contributed by atoms with E-state index in [0.717, 1.165) is 23.6 Å². The number of carbonyl (C=O) groups is 1. The molecule has 0 bridgehead atoms. The van der Waals surface area contributed by atoms with Crippen LogP contribution in [0, 0.1) is 16.7 Å². The van der Waals surface area contributed by atoms with E-state index in [1.54, 1.807) is 30.2 Å². The van der Waals surface area contributed by atoms with Gasteiger partial charge in [0.1, 0.15) is 10.7 Å². The maximum Gasteiger partial charge on any atom is 0.225 e. The Morgan fingerprint density at radius 3 is 3.00 bits per heavy atom. The highest BCUT2D eigenvalue weighted by Gasteiger charge is 2.40. The number of benzene rings is 1. The first-order valence-electron chi connectivity index (χ1n) is 10.6. The average molecular weight is 505 g/mol. The molecule has 33 heavy (non-hydrogen) atoms. The molecule has 2 atom stereocenters. The molecule has 166 valence electrons. The van der Waals surface area contributed by atoms with Gasteiger partial charge >= 0.3 is 0 Å². The van der Waals surface area contributed by atoms with E-state index >= 15 is 0 Å². The molecule has 1 aromatic carbocycles. The minimum absolute atomic E-state index is 0.0595. The zero-order chi connectivity index (χ0) is 23.2. The number of halogens is 1. The molecule has 4 aromatic rings. The van der Waals surface area contributed by atoms with Gasteiger partial charge in [0.25, 0.3) is 0 Å². The van der Waals surface area contributed by atoms with Gasteiger partial charge < -0.3 is 10.6 Å². The summed E-state index contributed by atoms with van der Waals surface area (Å²) >= 11 is 3.50. The third-order valence-corrected chi connectivity index (χ3v) is 6.87. The van der Waals surface area contributed by atoms with E-state index in [0.29, 0.717) is 39.4 Å². The van der Waals surface area contributed by atoms with E-state index in [2.05, 4.69) is 47.7 Å². The summed E-state index contributed by atoms with van der Waals surface area (Å²) in [4.78, 5) is 25.8. The fourth-order valence-electron chi connectivity index (χ4n) is 4.56. The molecule has 3 heterocycles. The fraction of sp³-hybridized carbons (Fsp3) is 0.304. The Balaban J connectivity index is 1.52. The minimum atomic E-state index is -0.395. The van der Waals surface area contributed by atoms with Crippen molar-refractivity contribution in [2.45, 2.75) is 32.2 Å². The van der Waals surface area contributed by atoms with E-state index in [4.69, 9.17) is 4.98 Å². The van der Waals surface area contributed by atoms with Gasteiger partial charge in [-0.25, -0.2) is 9.67 Å². The molecule has 0 unspecified atom stereocenters. The van der Waals surface area contributed by atoms with Crippen LogP contribution in [0.2, 0.25) is 0 Å². The number of amides is 1. The van der Waals surface area contributed by atoms with Crippen LogP contribution in [0.5, 0.6) is 0 Å². The Bertz CT molecular complexity index is 1440. The standard InChI is InChI=1S/C23H21BrN8O/c1-23(21(33)26-2)6-5-15(10-23)29-22-28-12-17-19(24)31-32(20(17)30-22)16-8-13-4-3-7-27-18(13)14(9-16)11-25/h3-4,7-9,12,15H,5-6,10H2,1-2H3,(H,26,33)(H,28,29,30)/t15-,23-/m1/s1. The molecule has 1 aliphatic carbocycles. The van der Waals surface area contributed by atoms with Crippen LogP contribution in [0.15, 0.2) is 41.3 Å². The van der Waals surface area contributed by atoms with Crippen LogP contribution in [0.25, 0.3) is 27.6 Å². The lowest BCUT2D eigenvalue weighted by atomic mass is 9.87. The SMILES string of the molecule is CNC(=O)[C@]1(C)CC[C@@H](Nc2ncc3c(Br)nn(-c4cc(C#N)c5ncccc5c4)c3n2)C1. The predicted molar refractivity (Wildman–Crippen MR) is 128 cm³/mol. The second-order valence-corrected chi connectivity index (χ2v) is 9.29. The topological polar surface area (TPSA) is 121 Å². The van der Waals surface area contributed by atoms with Crippen molar-refractivity contribution < 1.29 is 4.79 Å². The second-order valence-electron chi connectivity index (χ2n) is 8.54. The smallest absolute Gasteiger partial charge is 0.225 e. The lowest BCUT2D eigenvalue weighted by Gasteiger charge is -2.22. The number of fused-ring (bicyclic) bond motifs is 2. The Kier molecular flexibility index (Phi) is 5.21. The Labute approximate surface area is 198 Å². The summed E-state index contributed by atoms with van der Waals surface area (Å²) in [6.07, 6.45) is 5.76. The van der Waals surface area contributed by atoms with Gasteiger partial charge in [0.15, 0.2) is 5.65 Å². The fourth-order valence-corrected chi connectivity index (χ4v) is 5.00. The zero-order valence-corrected chi connectivity index (χ0v) is 19.7. The molecule has 3 aromatic heterocycles. The van der Waals surface area contributed by atoms with Gasteiger partial charge in [-0.15, -0.1) is 0 Å². The van der Waals surface area contributed by atoms with Crippen LogP contribution in [0.1, 0.15) is 31.7 Å². The van der Waals surface area contributed by atoms with Crippen LogP contribution in [0.3, 0.4) is 0 Å². The van der Waals surface area contributed by atoms with Crippen LogP contribution >= 0.6 is 15.9 Å². The highest BCUT2D eigenvalue weighted by Crippen LogP contribution is 2.39. The largest absolute Gasteiger partial charge is 0.359 e. The van der Waals surface area contributed by atoms with Crippen molar-refractivity contribution >= 4 is 49.7 Å². The summed E-state index contributed by atoms with van der Waals surface area (Å²) in [6, 6.07) is 9.77. The van der Waals surface area contributed by atoms with Gasteiger partial charge in [0, 0.05) is 36.3 Å². The molecule has 1 aliphatic rings. The van der Waals surface area contributed by atoms with Crippen molar-refractivity contribution in [2.75, 3.05) is 12.4 Å². The molecule has 1 saturated carbocycles. The van der Waals surface area contributed by atoms with Gasteiger partial charge in [-0.1, -0.05) is 13.0 Å². The number of rotatable bonds is 4. The van der Waals surface area contributed by atoms with Crippen LogP contribution in [-0.2, 0) is 4.79 Å². The number of anilines is 1. The van der Waals surface area contributed by atoms with Crippen LogP contribution in [0.4, 0.5) is 5.95 Å². The average Bonchev–Trinajstić information content (AvgIpc) is 3.37. The van der Waals surface area contributed by atoms with Gasteiger partial charge in [-0.3, -0.25) is 9.78 Å². The first kappa shape index (κ1) is 21.3.